The molecule has 0 spiro atoms. The number of fused-ring (bicyclic) bond motifs is 1. The van der Waals surface area contributed by atoms with Gasteiger partial charge in [0.2, 0.25) is 0 Å². The zero-order valence-corrected chi connectivity index (χ0v) is 14.2. The monoisotopic (exact) mass is 352 g/mol. The third-order valence-electron chi connectivity index (χ3n) is 3.98. The number of non-ortho nitro benzene ring substituents is 1. The lowest BCUT2D eigenvalue weighted by molar-refractivity contribution is -0.384. The van der Waals surface area contributed by atoms with Crippen molar-refractivity contribution < 1.29 is 9.72 Å². The van der Waals surface area contributed by atoms with Crippen LogP contribution in [-0.2, 0) is 6.54 Å². The summed E-state index contributed by atoms with van der Waals surface area (Å²) in [5.74, 6) is -0.103. The van der Waals surface area contributed by atoms with Crippen LogP contribution in [0.4, 0.5) is 5.69 Å². The van der Waals surface area contributed by atoms with Crippen molar-refractivity contribution in [2.75, 3.05) is 14.1 Å². The van der Waals surface area contributed by atoms with Crippen molar-refractivity contribution in [1.29, 1.82) is 0 Å². The quantitative estimate of drug-likeness (QED) is 0.529. The Bertz CT molecular complexity index is 1050. The second kappa shape index (κ2) is 6.75. The van der Waals surface area contributed by atoms with E-state index in [1.165, 1.54) is 34.0 Å². The van der Waals surface area contributed by atoms with Gasteiger partial charge in [0.15, 0.2) is 0 Å². The summed E-state index contributed by atoms with van der Waals surface area (Å²) in [6.07, 6.45) is 1.41. The number of hydrogen-bond donors (Lipinski definition) is 0. The summed E-state index contributed by atoms with van der Waals surface area (Å²) >= 11 is 0. The van der Waals surface area contributed by atoms with E-state index in [1.807, 2.05) is 0 Å². The van der Waals surface area contributed by atoms with E-state index in [0.29, 0.717) is 11.1 Å². The van der Waals surface area contributed by atoms with E-state index in [2.05, 4.69) is 4.98 Å². The number of benzene rings is 2. The maximum Gasteiger partial charge on any atom is 0.270 e. The second-order valence-corrected chi connectivity index (χ2v) is 6.03. The lowest BCUT2D eigenvalue weighted by Crippen LogP contribution is -2.22. The van der Waals surface area contributed by atoms with Gasteiger partial charge in [0.25, 0.3) is 17.2 Å². The van der Waals surface area contributed by atoms with Gasteiger partial charge in [0.1, 0.15) is 0 Å². The van der Waals surface area contributed by atoms with Crippen LogP contribution in [-0.4, -0.2) is 39.4 Å². The molecule has 0 N–H and O–H groups in total. The van der Waals surface area contributed by atoms with Crippen molar-refractivity contribution >= 4 is 22.5 Å². The molecule has 0 atom stereocenters. The van der Waals surface area contributed by atoms with Gasteiger partial charge in [0, 0.05) is 31.8 Å². The maximum atomic E-state index is 12.6. The summed E-state index contributed by atoms with van der Waals surface area (Å²) in [5.41, 5.74) is 1.27. The molecule has 3 aromatic rings. The van der Waals surface area contributed by atoms with Gasteiger partial charge < -0.3 is 4.90 Å². The SMILES string of the molecule is CN(C)C(=O)c1ccc(Cn2cnc3ccc([N+](=O)[O-])cc3c2=O)cc1. The average Bonchev–Trinajstić information content (AvgIpc) is 2.63. The molecule has 0 radical (unpaired) electrons. The Morgan fingerprint density at radius 3 is 2.50 bits per heavy atom. The van der Waals surface area contributed by atoms with E-state index in [9.17, 15) is 19.7 Å². The Morgan fingerprint density at radius 1 is 1.19 bits per heavy atom. The molecule has 8 nitrogen and oxygen atoms in total. The molecule has 0 fully saturated rings. The van der Waals surface area contributed by atoms with Crippen molar-refractivity contribution in [1.82, 2.24) is 14.5 Å². The molecule has 132 valence electrons. The number of aromatic nitrogens is 2. The fourth-order valence-electron chi connectivity index (χ4n) is 2.58. The number of nitro benzene ring substituents is 1. The lowest BCUT2D eigenvalue weighted by atomic mass is 10.1. The van der Waals surface area contributed by atoms with E-state index in [4.69, 9.17) is 0 Å². The van der Waals surface area contributed by atoms with Crippen LogP contribution in [0.15, 0.2) is 53.6 Å². The number of rotatable bonds is 4. The normalized spacial score (nSPS) is 10.7. The zero-order chi connectivity index (χ0) is 18.8. The van der Waals surface area contributed by atoms with Crippen LogP contribution in [0.5, 0.6) is 0 Å². The number of nitro groups is 1. The van der Waals surface area contributed by atoms with E-state index < -0.39 is 4.92 Å². The van der Waals surface area contributed by atoms with Gasteiger partial charge in [-0.2, -0.15) is 0 Å². The van der Waals surface area contributed by atoms with Crippen molar-refractivity contribution in [2.45, 2.75) is 6.54 Å². The summed E-state index contributed by atoms with van der Waals surface area (Å²) in [4.78, 5) is 40.6. The van der Waals surface area contributed by atoms with Gasteiger partial charge in [-0.25, -0.2) is 4.98 Å². The Balaban J connectivity index is 1.93. The number of hydrogen-bond acceptors (Lipinski definition) is 5. The van der Waals surface area contributed by atoms with Crippen LogP contribution in [0, 0.1) is 10.1 Å². The third kappa shape index (κ3) is 3.30. The Morgan fingerprint density at radius 2 is 1.88 bits per heavy atom. The molecule has 0 bridgehead atoms. The van der Waals surface area contributed by atoms with Gasteiger partial charge in [-0.3, -0.25) is 24.3 Å². The van der Waals surface area contributed by atoms with Crippen LogP contribution < -0.4 is 5.56 Å². The topological polar surface area (TPSA) is 98.3 Å². The van der Waals surface area contributed by atoms with Gasteiger partial charge in [-0.1, -0.05) is 12.1 Å². The molecule has 1 heterocycles. The standard InChI is InChI=1S/C18H16N4O4/c1-20(2)17(23)13-5-3-12(4-6-13)10-21-11-19-16-8-7-14(22(25)26)9-15(16)18(21)24/h3-9,11H,10H2,1-2H3. The smallest absolute Gasteiger partial charge is 0.270 e. The Labute approximate surface area is 148 Å². The van der Waals surface area contributed by atoms with E-state index in [1.54, 1.807) is 38.4 Å². The van der Waals surface area contributed by atoms with Crippen LogP contribution in [0.25, 0.3) is 10.9 Å². The molecule has 2 aromatic carbocycles. The van der Waals surface area contributed by atoms with Crippen molar-refractivity contribution in [3.05, 3.63) is 80.4 Å². The highest BCUT2D eigenvalue weighted by Gasteiger charge is 2.12. The molecular weight excluding hydrogens is 336 g/mol. The first-order valence-electron chi connectivity index (χ1n) is 7.81. The molecule has 0 aliphatic rings. The number of nitrogens with zero attached hydrogens (tertiary/aromatic N) is 4. The minimum atomic E-state index is -0.545. The van der Waals surface area contributed by atoms with Crippen LogP contribution in [0.2, 0.25) is 0 Å². The maximum absolute atomic E-state index is 12.6. The van der Waals surface area contributed by atoms with E-state index in [-0.39, 0.29) is 29.1 Å². The molecule has 0 saturated heterocycles. The Kier molecular flexibility index (Phi) is 4.49. The number of amides is 1. The number of carbonyl (C=O) groups excluding carboxylic acids is 1. The summed E-state index contributed by atoms with van der Waals surface area (Å²) < 4.78 is 1.38. The fourth-order valence-corrected chi connectivity index (χ4v) is 2.58. The molecule has 1 aromatic heterocycles. The fraction of sp³-hybridized carbons (Fsp3) is 0.167. The summed E-state index contributed by atoms with van der Waals surface area (Å²) in [5, 5.41) is 11.1. The molecule has 8 heteroatoms. The molecule has 0 aliphatic heterocycles. The highest BCUT2D eigenvalue weighted by molar-refractivity contribution is 5.93. The van der Waals surface area contributed by atoms with Crippen molar-refractivity contribution in [2.24, 2.45) is 0 Å². The van der Waals surface area contributed by atoms with Gasteiger partial charge in [-0.15, -0.1) is 0 Å². The highest BCUT2D eigenvalue weighted by atomic mass is 16.6. The Hall–Kier alpha value is -3.55. The first kappa shape index (κ1) is 17.3. The molecule has 0 aliphatic carbocycles. The average molecular weight is 352 g/mol. The molecule has 3 rings (SSSR count). The van der Waals surface area contributed by atoms with Crippen molar-refractivity contribution in [3.8, 4) is 0 Å². The van der Waals surface area contributed by atoms with Gasteiger partial charge in [0.05, 0.1) is 28.7 Å². The first-order chi connectivity index (χ1) is 12.4. The van der Waals surface area contributed by atoms with Crippen LogP contribution in [0.1, 0.15) is 15.9 Å². The predicted octanol–water partition coefficient (Wildman–Crippen LogP) is 2.05. The van der Waals surface area contributed by atoms with Crippen LogP contribution >= 0.6 is 0 Å². The molecule has 26 heavy (non-hydrogen) atoms. The van der Waals surface area contributed by atoms with Gasteiger partial charge in [-0.05, 0) is 23.8 Å². The summed E-state index contributed by atoms with van der Waals surface area (Å²) in [6.45, 7) is 0.251. The minimum Gasteiger partial charge on any atom is -0.345 e. The van der Waals surface area contributed by atoms with E-state index in [0.717, 1.165) is 5.56 Å². The van der Waals surface area contributed by atoms with Gasteiger partial charge >= 0.3 is 0 Å². The van der Waals surface area contributed by atoms with E-state index >= 15 is 0 Å². The minimum absolute atomic E-state index is 0.103. The largest absolute Gasteiger partial charge is 0.345 e. The molecular formula is C18H16N4O4. The lowest BCUT2D eigenvalue weighted by Gasteiger charge is -2.11. The van der Waals surface area contributed by atoms with Crippen molar-refractivity contribution in [3.63, 3.8) is 0 Å². The molecule has 0 unspecified atom stereocenters. The summed E-state index contributed by atoms with van der Waals surface area (Å²) in [7, 11) is 3.35. The zero-order valence-electron chi connectivity index (χ0n) is 14.2. The predicted molar refractivity (Wildman–Crippen MR) is 96.2 cm³/mol. The summed E-state index contributed by atoms with van der Waals surface area (Å²) in [6, 6.07) is 10.9. The molecule has 1 amide bonds. The second-order valence-electron chi connectivity index (χ2n) is 6.03. The van der Waals surface area contributed by atoms with Crippen LogP contribution in [0.3, 0.4) is 0 Å². The highest BCUT2D eigenvalue weighted by Crippen LogP contribution is 2.16. The number of carbonyl (C=O) groups is 1. The third-order valence-corrected chi connectivity index (χ3v) is 3.98. The first-order valence-corrected chi connectivity index (χ1v) is 7.81. The molecule has 0 saturated carbocycles.